The number of nitrogens with one attached hydrogen (secondary N) is 2. The van der Waals surface area contributed by atoms with Crippen LogP contribution in [-0.2, 0) is 25.6 Å². The quantitative estimate of drug-likeness (QED) is 0.322. The Bertz CT molecular complexity index is 968. The molecule has 4 bridgehead atoms. The summed E-state index contributed by atoms with van der Waals surface area (Å²) in [4.78, 5) is 54.2. The average molecular weight is 469 g/mol. The highest BCUT2D eigenvalue weighted by molar-refractivity contribution is 6.07. The number of amides is 4. The highest BCUT2D eigenvalue weighted by Crippen LogP contribution is 2.59. The van der Waals surface area contributed by atoms with E-state index in [-0.39, 0.29) is 24.3 Å². The van der Waals surface area contributed by atoms with E-state index in [9.17, 15) is 19.2 Å². The zero-order valence-electron chi connectivity index (χ0n) is 19.4. The fourth-order valence-electron chi connectivity index (χ4n) is 7.17. The molecular weight excluding hydrogens is 436 g/mol. The van der Waals surface area contributed by atoms with Crippen molar-refractivity contribution in [1.29, 1.82) is 0 Å². The van der Waals surface area contributed by atoms with Crippen LogP contribution in [0.15, 0.2) is 30.3 Å². The van der Waals surface area contributed by atoms with Crippen LogP contribution in [0.1, 0.15) is 37.7 Å². The zero-order valence-corrected chi connectivity index (χ0v) is 19.4. The summed E-state index contributed by atoms with van der Waals surface area (Å²) in [5.74, 6) is -0.336. The maximum Gasteiger partial charge on any atom is 0.262 e. The molecule has 1 aliphatic heterocycles. The second kappa shape index (κ2) is 8.78. The first-order chi connectivity index (χ1) is 16.3. The van der Waals surface area contributed by atoms with Gasteiger partial charge < -0.3 is 4.90 Å². The van der Waals surface area contributed by atoms with Crippen molar-refractivity contribution in [2.45, 2.75) is 50.1 Å². The van der Waals surface area contributed by atoms with E-state index in [0.29, 0.717) is 18.3 Å². The number of carbonyl (C=O) groups is 4. The van der Waals surface area contributed by atoms with E-state index in [1.165, 1.54) is 18.9 Å². The number of imide groups is 1. The highest BCUT2D eigenvalue weighted by atomic mass is 16.5. The summed E-state index contributed by atoms with van der Waals surface area (Å²) in [5.41, 5.74) is 1.67. The number of carbonyl (C=O) groups excluding carboxylic acids is 4. The number of hydrogen-bond donors (Lipinski definition) is 3. The molecule has 9 heteroatoms. The molecule has 4 saturated carbocycles. The second-order valence-electron chi connectivity index (χ2n) is 10.6. The van der Waals surface area contributed by atoms with Crippen molar-refractivity contribution in [3.8, 4) is 0 Å². The Morgan fingerprint density at radius 1 is 1.09 bits per heavy atom. The van der Waals surface area contributed by atoms with Crippen molar-refractivity contribution in [2.24, 2.45) is 23.7 Å². The lowest BCUT2D eigenvalue weighted by Gasteiger charge is -2.63. The summed E-state index contributed by atoms with van der Waals surface area (Å²) >= 11 is 0. The third-order valence-electron chi connectivity index (χ3n) is 8.51. The molecule has 0 radical (unpaired) electrons. The van der Waals surface area contributed by atoms with Crippen LogP contribution in [-0.4, -0.2) is 70.4 Å². The SMILES string of the molecule is CN(CC(=O)NO)C(=O)CN1C(=O)[C@H](Cc2ccccc2)NC2(C1=O)C1CC3CC(C1)CC2C3. The molecule has 5 aliphatic rings. The first-order valence-electron chi connectivity index (χ1n) is 12.2. The van der Waals surface area contributed by atoms with Gasteiger partial charge in [0.2, 0.25) is 11.8 Å². The third kappa shape index (κ3) is 3.80. The lowest BCUT2D eigenvalue weighted by Crippen LogP contribution is -2.79. The topological polar surface area (TPSA) is 119 Å². The standard InChI is InChI=1S/C25H32N4O5/c1-28(13-21(30)27-34)22(31)14-29-23(32)20(12-15-5-3-2-4-6-15)26-25(24(29)33)18-8-16-7-17(10-18)11-19(25)9-16/h2-6,16-20,26,34H,7-14H2,1H3,(H,27,30)/t16?,17?,18?,19?,20-,25?/m0/s1. The van der Waals surface area contributed by atoms with E-state index >= 15 is 0 Å². The van der Waals surface area contributed by atoms with Crippen LogP contribution >= 0.6 is 0 Å². The number of piperazine rings is 1. The molecule has 6 rings (SSSR count). The number of hydroxylamine groups is 1. The van der Waals surface area contributed by atoms with Gasteiger partial charge in [-0.05, 0) is 67.8 Å². The molecule has 4 amide bonds. The van der Waals surface area contributed by atoms with Crippen LogP contribution < -0.4 is 10.8 Å². The largest absolute Gasteiger partial charge is 0.335 e. The molecule has 1 aromatic carbocycles. The first kappa shape index (κ1) is 23.0. The molecular formula is C25H32N4O5. The number of rotatable bonds is 6. The summed E-state index contributed by atoms with van der Waals surface area (Å²) in [6, 6.07) is 9.10. The van der Waals surface area contributed by atoms with Crippen LogP contribution in [0.4, 0.5) is 0 Å². The van der Waals surface area contributed by atoms with Crippen LogP contribution in [0.25, 0.3) is 0 Å². The monoisotopic (exact) mass is 468 g/mol. The Labute approximate surface area is 198 Å². The van der Waals surface area contributed by atoms with Crippen LogP contribution in [0.5, 0.6) is 0 Å². The molecule has 3 N–H and O–H groups in total. The van der Waals surface area contributed by atoms with Gasteiger partial charge in [-0.3, -0.25) is 34.6 Å². The van der Waals surface area contributed by atoms with Gasteiger partial charge in [0.1, 0.15) is 18.6 Å². The normalized spacial score (nSPS) is 33.9. The summed E-state index contributed by atoms with van der Waals surface area (Å²) in [6.07, 6.45) is 5.61. The van der Waals surface area contributed by atoms with Crippen LogP contribution in [0, 0.1) is 23.7 Å². The van der Waals surface area contributed by atoms with Crippen molar-refractivity contribution >= 4 is 23.6 Å². The molecule has 1 saturated heterocycles. The van der Waals surface area contributed by atoms with Crippen LogP contribution in [0.2, 0.25) is 0 Å². The molecule has 0 unspecified atom stereocenters. The fourth-order valence-corrected chi connectivity index (χ4v) is 7.17. The van der Waals surface area contributed by atoms with Gasteiger partial charge in [0.05, 0.1) is 6.04 Å². The van der Waals surface area contributed by atoms with E-state index < -0.39 is 35.8 Å². The smallest absolute Gasteiger partial charge is 0.262 e. The summed E-state index contributed by atoms with van der Waals surface area (Å²) in [6.45, 7) is -0.773. The van der Waals surface area contributed by atoms with E-state index in [2.05, 4.69) is 5.32 Å². The van der Waals surface area contributed by atoms with Crippen molar-refractivity contribution in [3.05, 3.63) is 35.9 Å². The molecule has 5 fully saturated rings. The minimum absolute atomic E-state index is 0.165. The number of nitrogens with zero attached hydrogens (tertiary/aromatic N) is 2. The van der Waals surface area contributed by atoms with Gasteiger partial charge in [-0.1, -0.05) is 30.3 Å². The maximum atomic E-state index is 14.0. The predicted octanol–water partition coefficient (Wildman–Crippen LogP) is 0.715. The van der Waals surface area contributed by atoms with Crippen molar-refractivity contribution in [1.82, 2.24) is 20.6 Å². The van der Waals surface area contributed by atoms with Crippen molar-refractivity contribution < 1.29 is 24.4 Å². The Morgan fingerprint density at radius 3 is 2.29 bits per heavy atom. The molecule has 1 heterocycles. The number of hydrogen-bond acceptors (Lipinski definition) is 6. The van der Waals surface area contributed by atoms with E-state index in [1.54, 1.807) is 0 Å². The van der Waals surface area contributed by atoms with Gasteiger partial charge in [-0.25, -0.2) is 5.48 Å². The molecule has 1 atom stereocenters. The maximum absolute atomic E-state index is 14.0. The Morgan fingerprint density at radius 2 is 1.71 bits per heavy atom. The Balaban J connectivity index is 1.45. The number of likely N-dealkylation sites (N-methyl/N-ethyl adjacent to an activating group) is 1. The molecule has 4 aliphatic carbocycles. The van der Waals surface area contributed by atoms with E-state index in [4.69, 9.17) is 5.21 Å². The average Bonchev–Trinajstić information content (AvgIpc) is 2.82. The molecule has 0 aromatic heterocycles. The number of benzene rings is 1. The lowest BCUT2D eigenvalue weighted by atomic mass is 9.47. The summed E-state index contributed by atoms with van der Waals surface area (Å²) in [5, 5.41) is 12.3. The van der Waals surface area contributed by atoms with Gasteiger partial charge in [-0.15, -0.1) is 0 Å². The molecule has 9 nitrogen and oxygen atoms in total. The van der Waals surface area contributed by atoms with Gasteiger partial charge in [-0.2, -0.15) is 0 Å². The Hall–Kier alpha value is -2.78. The summed E-state index contributed by atoms with van der Waals surface area (Å²) < 4.78 is 0. The zero-order chi connectivity index (χ0) is 24.0. The van der Waals surface area contributed by atoms with Crippen LogP contribution in [0.3, 0.4) is 0 Å². The van der Waals surface area contributed by atoms with Crippen molar-refractivity contribution in [2.75, 3.05) is 20.1 Å². The third-order valence-corrected chi connectivity index (χ3v) is 8.51. The van der Waals surface area contributed by atoms with E-state index in [0.717, 1.165) is 41.0 Å². The minimum atomic E-state index is -0.817. The molecule has 34 heavy (non-hydrogen) atoms. The van der Waals surface area contributed by atoms with Gasteiger partial charge in [0, 0.05) is 7.05 Å². The first-order valence-corrected chi connectivity index (χ1v) is 12.2. The highest BCUT2D eigenvalue weighted by Gasteiger charge is 2.65. The van der Waals surface area contributed by atoms with E-state index in [1.807, 2.05) is 30.3 Å². The van der Waals surface area contributed by atoms with Gasteiger partial charge >= 0.3 is 0 Å². The Kier molecular flexibility index (Phi) is 5.93. The fraction of sp³-hybridized carbons (Fsp3) is 0.600. The van der Waals surface area contributed by atoms with Crippen molar-refractivity contribution in [3.63, 3.8) is 0 Å². The minimum Gasteiger partial charge on any atom is -0.335 e. The van der Waals surface area contributed by atoms with Gasteiger partial charge in [0.15, 0.2) is 0 Å². The lowest BCUT2D eigenvalue weighted by molar-refractivity contribution is -0.175. The summed E-state index contributed by atoms with van der Waals surface area (Å²) in [7, 11) is 1.41. The second-order valence-corrected chi connectivity index (χ2v) is 10.6. The predicted molar refractivity (Wildman–Crippen MR) is 121 cm³/mol. The molecule has 1 aromatic rings. The molecule has 182 valence electrons. The van der Waals surface area contributed by atoms with Gasteiger partial charge in [0.25, 0.3) is 11.8 Å². The molecule has 1 spiro atoms.